The maximum Gasteiger partial charge on any atom is 0.331 e. The maximum atomic E-state index is 13.1. The van der Waals surface area contributed by atoms with Gasteiger partial charge in [-0.1, -0.05) is 12.1 Å². The highest BCUT2D eigenvalue weighted by Crippen LogP contribution is 2.33. The van der Waals surface area contributed by atoms with Gasteiger partial charge in [0.25, 0.3) is 5.56 Å². The molecule has 10 heteroatoms. The van der Waals surface area contributed by atoms with Crippen molar-refractivity contribution >= 4 is 50.9 Å². The zero-order valence-electron chi connectivity index (χ0n) is 17.6. The second-order valence-corrected chi connectivity index (χ2v) is 8.53. The highest BCUT2D eigenvalue weighted by Gasteiger charge is 2.17. The summed E-state index contributed by atoms with van der Waals surface area (Å²) in [4.78, 5) is 42.8. The molecule has 0 aliphatic heterocycles. The first-order chi connectivity index (χ1) is 16.0. The Bertz CT molecular complexity index is 1400. The molecule has 0 amide bonds. The van der Waals surface area contributed by atoms with Crippen molar-refractivity contribution in [2.75, 3.05) is 14.2 Å². The zero-order chi connectivity index (χ0) is 23.4. The number of thiophene rings is 2. The quantitative estimate of drug-likeness (QED) is 0.223. The molecule has 0 bridgehead atoms. The third-order valence-electron chi connectivity index (χ3n) is 4.67. The van der Waals surface area contributed by atoms with Crippen LogP contribution in [0.15, 0.2) is 58.3 Å². The summed E-state index contributed by atoms with van der Waals surface area (Å²) in [5.41, 5.74) is 1.15. The molecule has 33 heavy (non-hydrogen) atoms. The topological polar surface area (TPSA) is 96.7 Å². The SMILES string of the molecule is COC(=O)/C=C/c1ccc(OC(=O)Cn2cnc3scc(-c4cccs4)c3c2=O)c(OC)c1. The molecule has 0 aliphatic rings. The van der Waals surface area contributed by atoms with Crippen LogP contribution in [-0.2, 0) is 20.9 Å². The number of hydrogen-bond acceptors (Lipinski definition) is 9. The van der Waals surface area contributed by atoms with Gasteiger partial charge >= 0.3 is 11.9 Å². The fourth-order valence-corrected chi connectivity index (χ4v) is 4.81. The van der Waals surface area contributed by atoms with Crippen LogP contribution in [0.2, 0.25) is 0 Å². The summed E-state index contributed by atoms with van der Waals surface area (Å²) in [6.07, 6.45) is 4.16. The van der Waals surface area contributed by atoms with Gasteiger partial charge in [0.2, 0.25) is 0 Å². The van der Waals surface area contributed by atoms with Crippen molar-refractivity contribution in [2.24, 2.45) is 0 Å². The van der Waals surface area contributed by atoms with Crippen LogP contribution in [-0.4, -0.2) is 35.7 Å². The van der Waals surface area contributed by atoms with Gasteiger partial charge in [0.05, 0.1) is 25.9 Å². The van der Waals surface area contributed by atoms with Crippen LogP contribution < -0.4 is 15.0 Å². The fraction of sp³-hybridized carbons (Fsp3) is 0.130. The monoisotopic (exact) mass is 482 g/mol. The zero-order valence-corrected chi connectivity index (χ0v) is 19.3. The van der Waals surface area contributed by atoms with E-state index >= 15 is 0 Å². The molecule has 0 aliphatic carbocycles. The Morgan fingerprint density at radius 2 is 2.00 bits per heavy atom. The van der Waals surface area contributed by atoms with Crippen LogP contribution >= 0.6 is 22.7 Å². The van der Waals surface area contributed by atoms with Crippen molar-refractivity contribution in [3.8, 4) is 21.9 Å². The Morgan fingerprint density at radius 3 is 2.73 bits per heavy atom. The number of benzene rings is 1. The number of methoxy groups -OCH3 is 2. The van der Waals surface area contributed by atoms with E-state index in [9.17, 15) is 14.4 Å². The van der Waals surface area contributed by atoms with Crippen molar-refractivity contribution < 1.29 is 23.8 Å². The van der Waals surface area contributed by atoms with Gasteiger partial charge in [-0.3, -0.25) is 9.36 Å². The molecule has 168 valence electrons. The average molecular weight is 483 g/mol. The van der Waals surface area contributed by atoms with Gasteiger partial charge in [-0.2, -0.15) is 0 Å². The molecule has 0 unspecified atom stereocenters. The molecule has 0 radical (unpaired) electrons. The number of esters is 2. The number of hydrogen-bond donors (Lipinski definition) is 0. The molecule has 0 atom stereocenters. The minimum Gasteiger partial charge on any atom is -0.493 e. The van der Waals surface area contributed by atoms with Crippen molar-refractivity contribution in [1.82, 2.24) is 9.55 Å². The molecule has 0 fully saturated rings. The lowest BCUT2D eigenvalue weighted by molar-refractivity contribution is -0.135. The molecular weight excluding hydrogens is 464 g/mol. The number of carbonyl (C=O) groups is 2. The Hall–Kier alpha value is -3.76. The second-order valence-electron chi connectivity index (χ2n) is 6.73. The minimum absolute atomic E-state index is 0.189. The van der Waals surface area contributed by atoms with Crippen molar-refractivity contribution in [3.63, 3.8) is 0 Å². The predicted molar refractivity (Wildman–Crippen MR) is 127 cm³/mol. The third-order valence-corrected chi connectivity index (χ3v) is 6.46. The van der Waals surface area contributed by atoms with Gasteiger partial charge in [-0.05, 0) is 35.2 Å². The Morgan fingerprint density at radius 1 is 1.15 bits per heavy atom. The molecule has 8 nitrogen and oxygen atoms in total. The predicted octanol–water partition coefficient (Wildman–Crippen LogP) is 3.99. The van der Waals surface area contributed by atoms with E-state index in [2.05, 4.69) is 9.72 Å². The molecule has 1 aromatic carbocycles. The summed E-state index contributed by atoms with van der Waals surface area (Å²) in [6, 6.07) is 8.67. The van der Waals surface area contributed by atoms with Gasteiger partial charge in [-0.25, -0.2) is 14.6 Å². The molecule has 0 spiro atoms. The van der Waals surface area contributed by atoms with E-state index < -0.39 is 11.9 Å². The normalized spacial score (nSPS) is 11.1. The van der Waals surface area contributed by atoms with E-state index in [1.165, 1.54) is 53.9 Å². The highest BCUT2D eigenvalue weighted by molar-refractivity contribution is 7.18. The number of fused-ring (bicyclic) bond motifs is 1. The Labute approximate surface area is 196 Å². The summed E-state index contributed by atoms with van der Waals surface area (Å²) in [6.45, 7) is -0.311. The van der Waals surface area contributed by atoms with E-state index in [4.69, 9.17) is 9.47 Å². The van der Waals surface area contributed by atoms with E-state index in [1.54, 1.807) is 24.3 Å². The van der Waals surface area contributed by atoms with Gasteiger partial charge in [0.15, 0.2) is 11.5 Å². The number of carbonyl (C=O) groups excluding carboxylic acids is 2. The lowest BCUT2D eigenvalue weighted by Crippen LogP contribution is -2.26. The second kappa shape index (κ2) is 9.80. The standard InChI is InChI=1S/C23H18N2O6S2/c1-29-17-10-14(6-8-19(26)30-2)5-7-16(17)31-20(27)11-25-13-24-22-21(23(25)28)15(12-33-22)18-4-3-9-32-18/h3-10,12-13H,11H2,1-2H3/b8-6+. The van der Waals surface area contributed by atoms with Crippen molar-refractivity contribution in [1.29, 1.82) is 0 Å². The van der Waals surface area contributed by atoms with Gasteiger partial charge < -0.3 is 14.2 Å². The Balaban J connectivity index is 1.55. The van der Waals surface area contributed by atoms with Crippen LogP contribution in [0.25, 0.3) is 26.7 Å². The Kier molecular flexibility index (Phi) is 6.66. The summed E-state index contributed by atoms with van der Waals surface area (Å²) in [5.74, 6) is -0.653. The first-order valence-electron chi connectivity index (χ1n) is 9.65. The maximum absolute atomic E-state index is 13.1. The summed E-state index contributed by atoms with van der Waals surface area (Å²) >= 11 is 2.92. The number of rotatable bonds is 7. The van der Waals surface area contributed by atoms with E-state index in [0.29, 0.717) is 21.5 Å². The van der Waals surface area contributed by atoms with Crippen LogP contribution in [0.3, 0.4) is 0 Å². The molecule has 0 N–H and O–H groups in total. The number of aromatic nitrogens is 2. The van der Waals surface area contributed by atoms with Gasteiger partial charge in [0.1, 0.15) is 11.4 Å². The number of nitrogens with zero attached hydrogens (tertiary/aromatic N) is 2. The molecular formula is C23H18N2O6S2. The van der Waals surface area contributed by atoms with Crippen molar-refractivity contribution in [3.05, 3.63) is 69.4 Å². The molecule has 3 heterocycles. The molecule has 4 aromatic rings. The highest BCUT2D eigenvalue weighted by atomic mass is 32.1. The average Bonchev–Trinajstić information content (AvgIpc) is 3.50. The third kappa shape index (κ3) is 4.86. The molecule has 4 rings (SSSR count). The largest absolute Gasteiger partial charge is 0.493 e. The van der Waals surface area contributed by atoms with Crippen LogP contribution in [0.5, 0.6) is 11.5 Å². The van der Waals surface area contributed by atoms with Gasteiger partial charge in [-0.15, -0.1) is 22.7 Å². The first-order valence-corrected chi connectivity index (χ1v) is 11.4. The first kappa shape index (κ1) is 22.4. The molecule has 3 aromatic heterocycles. The van der Waals surface area contributed by atoms with Crippen LogP contribution in [0, 0.1) is 0 Å². The summed E-state index contributed by atoms with van der Waals surface area (Å²) in [5, 5.41) is 4.32. The minimum atomic E-state index is -0.651. The van der Waals surface area contributed by atoms with E-state index in [1.807, 2.05) is 22.9 Å². The molecule has 0 saturated carbocycles. The van der Waals surface area contributed by atoms with Crippen LogP contribution in [0.1, 0.15) is 5.56 Å². The van der Waals surface area contributed by atoms with E-state index in [-0.39, 0.29) is 17.9 Å². The number of ether oxygens (including phenoxy) is 3. The summed E-state index contributed by atoms with van der Waals surface area (Å²) < 4.78 is 16.5. The summed E-state index contributed by atoms with van der Waals surface area (Å²) in [7, 11) is 2.72. The smallest absolute Gasteiger partial charge is 0.331 e. The fourth-order valence-electron chi connectivity index (χ4n) is 3.09. The lowest BCUT2D eigenvalue weighted by Gasteiger charge is -2.11. The van der Waals surface area contributed by atoms with Crippen molar-refractivity contribution in [2.45, 2.75) is 6.54 Å². The van der Waals surface area contributed by atoms with Gasteiger partial charge in [0, 0.05) is 21.9 Å². The van der Waals surface area contributed by atoms with Crippen LogP contribution in [0.4, 0.5) is 0 Å². The lowest BCUT2D eigenvalue weighted by atomic mass is 10.2. The molecule has 0 saturated heterocycles. The van der Waals surface area contributed by atoms with E-state index in [0.717, 1.165) is 10.4 Å².